The van der Waals surface area contributed by atoms with Crippen LogP contribution < -0.4 is 10.3 Å². The molecule has 0 radical (unpaired) electrons. The second-order valence-electron chi connectivity index (χ2n) is 3.98. The van der Waals surface area contributed by atoms with E-state index < -0.39 is 17.2 Å². The first-order chi connectivity index (χ1) is 9.51. The zero-order chi connectivity index (χ0) is 14.7. The average molecular weight is 346 g/mol. The Morgan fingerprint density at radius 1 is 1.30 bits per heavy atom. The van der Waals surface area contributed by atoms with Gasteiger partial charge in [-0.15, -0.1) is 0 Å². The van der Waals surface area contributed by atoms with Crippen molar-refractivity contribution < 1.29 is 18.6 Å². The minimum absolute atomic E-state index is 0.136. The van der Waals surface area contributed by atoms with Crippen LogP contribution in [-0.2, 0) is 13.2 Å². The lowest BCUT2D eigenvalue weighted by molar-refractivity contribution is 0.271. The third-order valence-electron chi connectivity index (χ3n) is 2.56. The molecule has 20 heavy (non-hydrogen) atoms. The van der Waals surface area contributed by atoms with Crippen molar-refractivity contribution in [1.29, 1.82) is 0 Å². The van der Waals surface area contributed by atoms with Crippen LogP contribution in [0.25, 0.3) is 0 Å². The molecule has 0 unspecified atom stereocenters. The Balaban J connectivity index is 2.22. The molecule has 4 nitrogen and oxygen atoms in total. The number of halogens is 3. The second-order valence-corrected chi connectivity index (χ2v) is 4.78. The lowest BCUT2D eigenvalue weighted by Gasteiger charge is -2.09. The Morgan fingerprint density at radius 3 is 2.70 bits per heavy atom. The maximum atomic E-state index is 13.4. The standard InChI is InChI=1S/C13H10BrF2NO3/c14-12-11(4-9(5-18)17-13(12)19)20-6-7-1-2-8(15)3-10(7)16/h1-4,18H,5-6H2,(H,17,19). The first-order valence-corrected chi connectivity index (χ1v) is 6.40. The fourth-order valence-corrected chi connectivity index (χ4v) is 1.88. The molecule has 106 valence electrons. The molecule has 0 bridgehead atoms. The first-order valence-electron chi connectivity index (χ1n) is 5.60. The summed E-state index contributed by atoms with van der Waals surface area (Å²) in [5.74, 6) is -1.24. The maximum Gasteiger partial charge on any atom is 0.266 e. The summed E-state index contributed by atoms with van der Waals surface area (Å²) >= 11 is 3.04. The molecule has 2 aromatic rings. The van der Waals surface area contributed by atoms with Crippen LogP contribution in [0.15, 0.2) is 33.5 Å². The molecule has 0 fully saturated rings. The first kappa shape index (κ1) is 14.7. The van der Waals surface area contributed by atoms with Crippen molar-refractivity contribution in [2.45, 2.75) is 13.2 Å². The van der Waals surface area contributed by atoms with Crippen LogP contribution >= 0.6 is 15.9 Å². The summed E-state index contributed by atoms with van der Waals surface area (Å²) < 4.78 is 31.7. The van der Waals surface area contributed by atoms with E-state index >= 15 is 0 Å². The minimum Gasteiger partial charge on any atom is -0.487 e. The molecule has 1 aromatic carbocycles. The number of hydrogen-bond donors (Lipinski definition) is 2. The summed E-state index contributed by atoms with van der Waals surface area (Å²) in [6.07, 6.45) is 0. The average Bonchev–Trinajstić information content (AvgIpc) is 2.41. The zero-order valence-electron chi connectivity index (χ0n) is 10.1. The molecular formula is C13H10BrF2NO3. The van der Waals surface area contributed by atoms with Gasteiger partial charge in [-0.2, -0.15) is 0 Å². The number of aliphatic hydroxyl groups excluding tert-OH is 1. The van der Waals surface area contributed by atoms with E-state index in [1.54, 1.807) is 0 Å². The van der Waals surface area contributed by atoms with Crippen LogP contribution in [0.3, 0.4) is 0 Å². The van der Waals surface area contributed by atoms with Crippen LogP contribution in [0.2, 0.25) is 0 Å². The van der Waals surface area contributed by atoms with Crippen molar-refractivity contribution in [1.82, 2.24) is 4.98 Å². The van der Waals surface area contributed by atoms with Crippen molar-refractivity contribution in [3.05, 3.63) is 62.0 Å². The zero-order valence-corrected chi connectivity index (χ0v) is 11.7. The van der Waals surface area contributed by atoms with Crippen molar-refractivity contribution >= 4 is 15.9 Å². The maximum absolute atomic E-state index is 13.4. The number of H-pyrrole nitrogens is 1. The van der Waals surface area contributed by atoms with E-state index in [0.29, 0.717) is 0 Å². The molecular weight excluding hydrogens is 336 g/mol. The van der Waals surface area contributed by atoms with Gasteiger partial charge in [0.1, 0.15) is 28.5 Å². The highest BCUT2D eigenvalue weighted by molar-refractivity contribution is 9.10. The van der Waals surface area contributed by atoms with E-state index in [4.69, 9.17) is 9.84 Å². The van der Waals surface area contributed by atoms with E-state index in [9.17, 15) is 13.6 Å². The molecule has 0 aliphatic carbocycles. The SMILES string of the molecule is O=c1[nH]c(CO)cc(OCc2ccc(F)cc2F)c1Br. The van der Waals surface area contributed by atoms with Gasteiger partial charge in [0, 0.05) is 23.4 Å². The van der Waals surface area contributed by atoms with Gasteiger partial charge in [0.05, 0.1) is 6.61 Å². The molecule has 0 aliphatic rings. The van der Waals surface area contributed by atoms with E-state index in [-0.39, 0.29) is 34.7 Å². The summed E-state index contributed by atoms with van der Waals surface area (Å²) in [7, 11) is 0. The molecule has 0 spiro atoms. The molecule has 0 atom stereocenters. The smallest absolute Gasteiger partial charge is 0.266 e. The quantitative estimate of drug-likeness (QED) is 0.894. The van der Waals surface area contributed by atoms with Gasteiger partial charge < -0.3 is 14.8 Å². The molecule has 2 N–H and O–H groups in total. The summed E-state index contributed by atoms with van der Waals surface area (Å²) in [6.45, 7) is -0.525. The highest BCUT2D eigenvalue weighted by Crippen LogP contribution is 2.23. The predicted molar refractivity (Wildman–Crippen MR) is 71.4 cm³/mol. The molecule has 0 amide bonds. The number of benzene rings is 1. The van der Waals surface area contributed by atoms with Crippen LogP contribution in [0.5, 0.6) is 5.75 Å². The van der Waals surface area contributed by atoms with Crippen LogP contribution in [0.1, 0.15) is 11.3 Å². The van der Waals surface area contributed by atoms with E-state index in [0.717, 1.165) is 12.1 Å². The molecule has 0 aliphatic heterocycles. The van der Waals surface area contributed by atoms with Gasteiger partial charge in [-0.25, -0.2) is 8.78 Å². The number of aromatic amines is 1. The lowest BCUT2D eigenvalue weighted by Crippen LogP contribution is -2.12. The van der Waals surface area contributed by atoms with Gasteiger partial charge in [0.15, 0.2) is 0 Å². The monoisotopic (exact) mass is 345 g/mol. The number of rotatable bonds is 4. The van der Waals surface area contributed by atoms with Gasteiger partial charge in [0.2, 0.25) is 0 Å². The predicted octanol–water partition coefficient (Wildman–Crippen LogP) is 2.49. The number of nitrogens with one attached hydrogen (secondary N) is 1. The minimum atomic E-state index is -0.728. The number of aliphatic hydroxyl groups is 1. The Kier molecular flexibility index (Phi) is 4.51. The highest BCUT2D eigenvalue weighted by Gasteiger charge is 2.10. The van der Waals surface area contributed by atoms with Crippen LogP contribution in [-0.4, -0.2) is 10.1 Å². The van der Waals surface area contributed by atoms with Crippen LogP contribution in [0, 0.1) is 11.6 Å². The number of aromatic nitrogens is 1. The Hall–Kier alpha value is -1.73. The second kappa shape index (κ2) is 6.15. The van der Waals surface area contributed by atoms with Crippen molar-refractivity contribution in [3.63, 3.8) is 0 Å². The van der Waals surface area contributed by atoms with Crippen LogP contribution in [0.4, 0.5) is 8.78 Å². The normalized spacial score (nSPS) is 10.6. The highest BCUT2D eigenvalue weighted by atomic mass is 79.9. The molecule has 2 rings (SSSR count). The van der Waals surface area contributed by atoms with Gasteiger partial charge in [-0.3, -0.25) is 4.79 Å². The topological polar surface area (TPSA) is 62.3 Å². The van der Waals surface area contributed by atoms with E-state index in [1.165, 1.54) is 12.1 Å². The van der Waals surface area contributed by atoms with Gasteiger partial charge in [0.25, 0.3) is 5.56 Å². The van der Waals surface area contributed by atoms with Gasteiger partial charge in [-0.05, 0) is 28.1 Å². The van der Waals surface area contributed by atoms with Crippen molar-refractivity contribution in [2.24, 2.45) is 0 Å². The fraction of sp³-hybridized carbons (Fsp3) is 0.154. The third kappa shape index (κ3) is 3.23. The van der Waals surface area contributed by atoms with Gasteiger partial charge in [-0.1, -0.05) is 0 Å². The summed E-state index contributed by atoms with van der Waals surface area (Å²) in [6, 6.07) is 4.56. The Morgan fingerprint density at radius 2 is 2.05 bits per heavy atom. The summed E-state index contributed by atoms with van der Waals surface area (Å²) in [5.41, 5.74) is -0.0389. The third-order valence-corrected chi connectivity index (χ3v) is 3.31. The number of pyridine rings is 1. The Bertz CT molecular complexity index is 688. The Labute approximate surface area is 121 Å². The largest absolute Gasteiger partial charge is 0.487 e. The molecule has 1 heterocycles. The molecule has 1 aromatic heterocycles. The summed E-state index contributed by atoms with van der Waals surface area (Å²) in [4.78, 5) is 14.0. The van der Waals surface area contributed by atoms with E-state index in [1.807, 2.05) is 0 Å². The molecule has 7 heteroatoms. The summed E-state index contributed by atoms with van der Waals surface area (Å²) in [5, 5.41) is 8.99. The fourth-order valence-electron chi connectivity index (χ4n) is 1.55. The number of ether oxygens (including phenoxy) is 1. The molecule has 0 saturated carbocycles. The lowest BCUT2D eigenvalue weighted by atomic mass is 10.2. The van der Waals surface area contributed by atoms with Crippen molar-refractivity contribution in [3.8, 4) is 5.75 Å². The molecule has 0 saturated heterocycles. The number of hydrogen-bond acceptors (Lipinski definition) is 3. The van der Waals surface area contributed by atoms with Crippen molar-refractivity contribution in [2.75, 3.05) is 0 Å². The van der Waals surface area contributed by atoms with E-state index in [2.05, 4.69) is 20.9 Å². The van der Waals surface area contributed by atoms with Gasteiger partial charge >= 0.3 is 0 Å².